The second-order valence-corrected chi connectivity index (χ2v) is 4.96. The zero-order valence-corrected chi connectivity index (χ0v) is 11.2. The minimum absolute atomic E-state index is 0.137. The molecule has 1 fully saturated rings. The van der Waals surface area contributed by atoms with Crippen molar-refractivity contribution in [3.05, 3.63) is 24.3 Å². The standard InChI is InChI=1S/C14H23N3O2/c15-12-1-3-13(4-2-12)17-6-5-14(11-17)16(7-9-18)8-10-19/h1-4,14,18-19H,5-11,15H2. The highest BCUT2D eigenvalue weighted by atomic mass is 16.3. The van der Waals surface area contributed by atoms with Crippen LogP contribution in [0.25, 0.3) is 0 Å². The third-order valence-electron chi connectivity index (χ3n) is 3.71. The van der Waals surface area contributed by atoms with E-state index in [4.69, 9.17) is 15.9 Å². The summed E-state index contributed by atoms with van der Waals surface area (Å²) in [4.78, 5) is 4.49. The zero-order valence-electron chi connectivity index (χ0n) is 11.2. The van der Waals surface area contributed by atoms with Crippen molar-refractivity contribution in [3.63, 3.8) is 0 Å². The van der Waals surface area contributed by atoms with Crippen molar-refractivity contribution in [2.24, 2.45) is 0 Å². The van der Waals surface area contributed by atoms with Crippen molar-refractivity contribution in [1.82, 2.24) is 4.90 Å². The molecule has 5 heteroatoms. The number of nitrogen functional groups attached to an aromatic ring is 1. The van der Waals surface area contributed by atoms with E-state index in [1.165, 1.54) is 5.69 Å². The van der Waals surface area contributed by atoms with Gasteiger partial charge in [0.25, 0.3) is 0 Å². The Balaban J connectivity index is 1.96. The quantitative estimate of drug-likeness (QED) is 0.638. The summed E-state index contributed by atoms with van der Waals surface area (Å²) in [7, 11) is 0. The molecule has 0 amide bonds. The van der Waals surface area contributed by atoms with Gasteiger partial charge in [-0.3, -0.25) is 4.90 Å². The molecule has 0 radical (unpaired) electrons. The minimum Gasteiger partial charge on any atom is -0.399 e. The van der Waals surface area contributed by atoms with Gasteiger partial charge in [0.15, 0.2) is 0 Å². The normalized spacial score (nSPS) is 19.3. The van der Waals surface area contributed by atoms with Gasteiger partial charge in [0.1, 0.15) is 0 Å². The Morgan fingerprint density at radius 3 is 2.37 bits per heavy atom. The summed E-state index contributed by atoms with van der Waals surface area (Å²) in [6.07, 6.45) is 1.06. The fourth-order valence-electron chi connectivity index (χ4n) is 2.69. The third-order valence-corrected chi connectivity index (χ3v) is 3.71. The average Bonchev–Trinajstić information content (AvgIpc) is 2.89. The fourth-order valence-corrected chi connectivity index (χ4v) is 2.69. The molecule has 0 aliphatic carbocycles. The maximum Gasteiger partial charge on any atom is 0.0558 e. The van der Waals surface area contributed by atoms with E-state index in [2.05, 4.69) is 9.80 Å². The number of nitrogens with zero attached hydrogens (tertiary/aromatic N) is 2. The molecule has 1 atom stereocenters. The highest BCUT2D eigenvalue weighted by Crippen LogP contribution is 2.23. The van der Waals surface area contributed by atoms with Crippen LogP contribution in [0.1, 0.15) is 6.42 Å². The van der Waals surface area contributed by atoms with Crippen LogP contribution in [-0.2, 0) is 0 Å². The number of nitrogens with two attached hydrogens (primary N) is 1. The first kappa shape index (κ1) is 14.1. The van der Waals surface area contributed by atoms with Crippen LogP contribution in [-0.4, -0.2) is 60.5 Å². The number of anilines is 2. The Morgan fingerprint density at radius 1 is 1.16 bits per heavy atom. The number of benzene rings is 1. The molecule has 0 bridgehead atoms. The van der Waals surface area contributed by atoms with Crippen molar-refractivity contribution in [2.75, 3.05) is 50.0 Å². The summed E-state index contributed by atoms with van der Waals surface area (Å²) in [5, 5.41) is 18.2. The van der Waals surface area contributed by atoms with E-state index >= 15 is 0 Å². The highest BCUT2D eigenvalue weighted by Gasteiger charge is 2.27. The lowest BCUT2D eigenvalue weighted by molar-refractivity contribution is 0.129. The molecule has 0 aromatic heterocycles. The molecule has 1 heterocycles. The Bertz CT molecular complexity index is 377. The number of aliphatic hydroxyl groups is 2. The molecule has 1 aliphatic heterocycles. The average molecular weight is 265 g/mol. The van der Waals surface area contributed by atoms with E-state index in [0.717, 1.165) is 25.2 Å². The maximum atomic E-state index is 9.09. The summed E-state index contributed by atoms with van der Waals surface area (Å²) < 4.78 is 0. The molecule has 0 saturated carbocycles. The molecule has 1 aromatic carbocycles. The van der Waals surface area contributed by atoms with Gasteiger partial charge < -0.3 is 20.8 Å². The van der Waals surface area contributed by atoms with Crippen LogP contribution >= 0.6 is 0 Å². The molecule has 4 N–H and O–H groups in total. The molecular formula is C14H23N3O2. The van der Waals surface area contributed by atoms with Crippen molar-refractivity contribution < 1.29 is 10.2 Å². The van der Waals surface area contributed by atoms with E-state index in [0.29, 0.717) is 19.1 Å². The van der Waals surface area contributed by atoms with E-state index in [1.807, 2.05) is 24.3 Å². The second kappa shape index (κ2) is 6.75. The van der Waals surface area contributed by atoms with Gasteiger partial charge in [-0.15, -0.1) is 0 Å². The lowest BCUT2D eigenvalue weighted by atomic mass is 10.2. The van der Waals surface area contributed by atoms with Crippen LogP contribution in [0.15, 0.2) is 24.3 Å². The molecule has 1 saturated heterocycles. The van der Waals surface area contributed by atoms with Gasteiger partial charge in [-0.25, -0.2) is 0 Å². The SMILES string of the molecule is Nc1ccc(N2CCC(N(CCO)CCO)C2)cc1. The van der Waals surface area contributed by atoms with Crippen molar-refractivity contribution in [3.8, 4) is 0 Å². The molecule has 1 aliphatic rings. The van der Waals surface area contributed by atoms with Crippen LogP contribution in [0.2, 0.25) is 0 Å². The fraction of sp³-hybridized carbons (Fsp3) is 0.571. The van der Waals surface area contributed by atoms with Gasteiger partial charge >= 0.3 is 0 Å². The molecule has 19 heavy (non-hydrogen) atoms. The molecular weight excluding hydrogens is 242 g/mol. The van der Waals surface area contributed by atoms with Crippen LogP contribution in [0.5, 0.6) is 0 Å². The molecule has 1 aromatic rings. The summed E-state index contributed by atoms with van der Waals surface area (Å²) in [5.74, 6) is 0. The Morgan fingerprint density at radius 2 is 1.79 bits per heavy atom. The largest absolute Gasteiger partial charge is 0.399 e. The van der Waals surface area contributed by atoms with Gasteiger partial charge in [-0.05, 0) is 30.7 Å². The monoisotopic (exact) mass is 265 g/mol. The predicted molar refractivity (Wildman–Crippen MR) is 77.2 cm³/mol. The first-order chi connectivity index (χ1) is 9.24. The van der Waals surface area contributed by atoms with E-state index < -0.39 is 0 Å². The Labute approximate surface area is 114 Å². The van der Waals surface area contributed by atoms with E-state index in [9.17, 15) is 0 Å². The second-order valence-electron chi connectivity index (χ2n) is 4.96. The van der Waals surface area contributed by atoms with Gasteiger partial charge in [0.2, 0.25) is 0 Å². The van der Waals surface area contributed by atoms with Crippen molar-refractivity contribution >= 4 is 11.4 Å². The molecule has 106 valence electrons. The van der Waals surface area contributed by atoms with Gasteiger partial charge in [0.05, 0.1) is 13.2 Å². The van der Waals surface area contributed by atoms with Crippen LogP contribution in [0.3, 0.4) is 0 Å². The summed E-state index contributed by atoms with van der Waals surface area (Å²) in [6, 6.07) is 8.32. The summed E-state index contributed by atoms with van der Waals surface area (Å²) >= 11 is 0. The first-order valence-electron chi connectivity index (χ1n) is 6.81. The smallest absolute Gasteiger partial charge is 0.0558 e. The Hall–Kier alpha value is -1.30. The number of aliphatic hydroxyl groups excluding tert-OH is 2. The topological polar surface area (TPSA) is 73.0 Å². The lowest BCUT2D eigenvalue weighted by Gasteiger charge is -2.28. The highest BCUT2D eigenvalue weighted by molar-refractivity contribution is 5.53. The number of rotatable bonds is 6. The Kier molecular flexibility index (Phi) is 5.01. The summed E-state index contributed by atoms with van der Waals surface area (Å²) in [6.45, 7) is 3.46. The van der Waals surface area contributed by atoms with Crippen LogP contribution in [0, 0.1) is 0 Å². The minimum atomic E-state index is 0.137. The summed E-state index contributed by atoms with van der Waals surface area (Å²) in [5.41, 5.74) is 7.66. The molecule has 0 spiro atoms. The van der Waals surface area contributed by atoms with Crippen molar-refractivity contribution in [1.29, 1.82) is 0 Å². The van der Waals surface area contributed by atoms with Gasteiger partial charge in [0, 0.05) is 43.6 Å². The van der Waals surface area contributed by atoms with Crippen molar-refractivity contribution in [2.45, 2.75) is 12.5 Å². The van der Waals surface area contributed by atoms with Crippen LogP contribution in [0.4, 0.5) is 11.4 Å². The number of hydrogen-bond donors (Lipinski definition) is 3. The third kappa shape index (κ3) is 3.59. The molecule has 5 nitrogen and oxygen atoms in total. The number of hydrogen-bond acceptors (Lipinski definition) is 5. The molecule has 1 unspecified atom stereocenters. The predicted octanol–water partition coefficient (Wildman–Crippen LogP) is 0.134. The molecule has 2 rings (SSSR count). The lowest BCUT2D eigenvalue weighted by Crippen LogP contribution is -2.41. The van der Waals surface area contributed by atoms with Gasteiger partial charge in [-0.2, -0.15) is 0 Å². The van der Waals surface area contributed by atoms with E-state index in [-0.39, 0.29) is 13.2 Å². The maximum absolute atomic E-state index is 9.09. The first-order valence-corrected chi connectivity index (χ1v) is 6.81. The van der Waals surface area contributed by atoms with Gasteiger partial charge in [-0.1, -0.05) is 0 Å². The van der Waals surface area contributed by atoms with E-state index in [1.54, 1.807) is 0 Å². The zero-order chi connectivity index (χ0) is 13.7. The van der Waals surface area contributed by atoms with Crippen LogP contribution < -0.4 is 10.6 Å².